The molecule has 0 radical (unpaired) electrons. The third-order valence-corrected chi connectivity index (χ3v) is 4.08. The molecule has 0 aromatic heterocycles. The Balaban J connectivity index is 2.08. The van der Waals surface area contributed by atoms with Gasteiger partial charge in [-0.3, -0.25) is 4.90 Å². The first-order chi connectivity index (χ1) is 10.7. The number of amidine groups is 1. The van der Waals surface area contributed by atoms with Crippen molar-refractivity contribution in [3.05, 3.63) is 29.3 Å². The summed E-state index contributed by atoms with van der Waals surface area (Å²) in [6.07, 6.45) is 0. The highest BCUT2D eigenvalue weighted by Crippen LogP contribution is 2.21. The minimum absolute atomic E-state index is 0.307. The van der Waals surface area contributed by atoms with Crippen molar-refractivity contribution in [3.8, 4) is 5.75 Å². The van der Waals surface area contributed by atoms with E-state index in [4.69, 9.17) is 16.3 Å². The molecule has 2 rings (SSSR count). The summed E-state index contributed by atoms with van der Waals surface area (Å²) in [5.74, 6) is 6.36. The van der Waals surface area contributed by atoms with Gasteiger partial charge in [0.15, 0.2) is 5.84 Å². The fourth-order valence-corrected chi connectivity index (χ4v) is 2.75. The predicted octanol–water partition coefficient (Wildman–Crippen LogP) is 0.802. The number of likely N-dealkylation sites (N-methyl/N-ethyl adjacent to an activating group) is 1. The van der Waals surface area contributed by atoms with E-state index in [2.05, 4.69) is 27.9 Å². The maximum absolute atomic E-state index is 5.89. The highest BCUT2D eigenvalue weighted by Gasteiger charge is 2.16. The van der Waals surface area contributed by atoms with Gasteiger partial charge >= 0.3 is 0 Å². The van der Waals surface area contributed by atoms with Crippen molar-refractivity contribution in [2.75, 3.05) is 39.3 Å². The van der Waals surface area contributed by atoms with Crippen molar-refractivity contribution in [3.63, 3.8) is 0 Å². The number of nitrogens with zero attached hydrogens (tertiary/aromatic N) is 3. The lowest BCUT2D eigenvalue weighted by Crippen LogP contribution is -2.45. The first kappa shape index (κ1) is 16.6. The summed E-state index contributed by atoms with van der Waals surface area (Å²) in [5, 5.41) is 3.60. The fourth-order valence-electron chi connectivity index (χ4n) is 2.75. The molecule has 0 aliphatic carbocycles. The van der Waals surface area contributed by atoms with Gasteiger partial charge in [0.1, 0.15) is 5.75 Å². The van der Waals surface area contributed by atoms with Gasteiger partial charge in [0.25, 0.3) is 0 Å². The van der Waals surface area contributed by atoms with Crippen LogP contribution in [0, 0.1) is 0 Å². The van der Waals surface area contributed by atoms with Crippen LogP contribution in [0.1, 0.15) is 25.0 Å². The van der Waals surface area contributed by atoms with Gasteiger partial charge in [-0.25, -0.2) is 0 Å². The average Bonchev–Trinajstić information content (AvgIpc) is 2.56. The number of ether oxygens (including phenoxy) is 1. The standard InChI is InChI=1S/C16H27N5O/c1-3-20-7-9-21(10-8-20)12-13-5-6-15(22-4-2)14(11-13)16(17)19-18/h5-6,11H,3-4,7-10,12,18H2,1-2H3,(H2,17,19). The number of benzene rings is 1. The highest BCUT2D eigenvalue weighted by atomic mass is 16.5. The van der Waals surface area contributed by atoms with Gasteiger partial charge < -0.3 is 21.2 Å². The summed E-state index contributed by atoms with van der Waals surface area (Å²) < 4.78 is 5.60. The van der Waals surface area contributed by atoms with E-state index in [0.717, 1.165) is 50.6 Å². The summed E-state index contributed by atoms with van der Waals surface area (Å²) in [6, 6.07) is 6.07. The third kappa shape index (κ3) is 4.11. The van der Waals surface area contributed by atoms with Gasteiger partial charge in [0, 0.05) is 32.7 Å². The van der Waals surface area contributed by atoms with Crippen molar-refractivity contribution < 1.29 is 4.74 Å². The quantitative estimate of drug-likeness (QED) is 0.352. The molecule has 1 aromatic carbocycles. The molecule has 1 aliphatic rings. The maximum atomic E-state index is 5.89. The monoisotopic (exact) mass is 305 g/mol. The van der Waals surface area contributed by atoms with Crippen molar-refractivity contribution >= 4 is 5.84 Å². The molecule has 0 atom stereocenters. The van der Waals surface area contributed by atoms with E-state index < -0.39 is 0 Å². The number of rotatable bonds is 6. The topological polar surface area (TPSA) is 80.1 Å². The normalized spacial score (nSPS) is 17.6. The SMILES string of the molecule is CCOc1ccc(CN2CCN(CC)CC2)cc1C(N)=NN. The Morgan fingerprint density at radius 2 is 1.86 bits per heavy atom. The van der Waals surface area contributed by atoms with E-state index in [1.807, 2.05) is 19.1 Å². The molecule has 0 bridgehead atoms. The highest BCUT2D eigenvalue weighted by molar-refractivity contribution is 5.99. The smallest absolute Gasteiger partial charge is 0.154 e. The second-order valence-corrected chi connectivity index (χ2v) is 5.49. The van der Waals surface area contributed by atoms with Gasteiger partial charge in [-0.2, -0.15) is 5.10 Å². The van der Waals surface area contributed by atoms with Crippen molar-refractivity contribution in [2.45, 2.75) is 20.4 Å². The first-order valence-electron chi connectivity index (χ1n) is 7.92. The van der Waals surface area contributed by atoms with E-state index >= 15 is 0 Å². The van der Waals surface area contributed by atoms with E-state index in [1.54, 1.807) is 0 Å². The Morgan fingerprint density at radius 1 is 1.18 bits per heavy atom. The van der Waals surface area contributed by atoms with Crippen LogP contribution in [0.15, 0.2) is 23.3 Å². The second-order valence-electron chi connectivity index (χ2n) is 5.49. The summed E-state index contributed by atoms with van der Waals surface area (Å²) in [7, 11) is 0. The molecule has 0 spiro atoms. The molecule has 6 heteroatoms. The van der Waals surface area contributed by atoms with Crippen molar-refractivity contribution in [2.24, 2.45) is 16.7 Å². The minimum atomic E-state index is 0.307. The summed E-state index contributed by atoms with van der Waals surface area (Å²) in [4.78, 5) is 4.93. The molecule has 4 N–H and O–H groups in total. The minimum Gasteiger partial charge on any atom is -0.493 e. The zero-order chi connectivity index (χ0) is 15.9. The van der Waals surface area contributed by atoms with Crippen molar-refractivity contribution in [1.82, 2.24) is 9.80 Å². The van der Waals surface area contributed by atoms with Crippen LogP contribution in [-0.4, -0.2) is 55.0 Å². The van der Waals surface area contributed by atoms with Crippen LogP contribution in [0.4, 0.5) is 0 Å². The predicted molar refractivity (Wildman–Crippen MR) is 89.9 cm³/mol. The average molecular weight is 305 g/mol. The molecule has 1 saturated heterocycles. The third-order valence-electron chi connectivity index (χ3n) is 4.08. The number of nitrogens with two attached hydrogens (primary N) is 2. The maximum Gasteiger partial charge on any atom is 0.154 e. The van der Waals surface area contributed by atoms with Crippen LogP contribution in [0.2, 0.25) is 0 Å². The molecule has 1 aliphatic heterocycles. The van der Waals surface area contributed by atoms with Crippen LogP contribution in [-0.2, 0) is 6.54 Å². The molecule has 1 aromatic rings. The molecule has 22 heavy (non-hydrogen) atoms. The number of piperazine rings is 1. The molecule has 1 fully saturated rings. The molecule has 0 saturated carbocycles. The summed E-state index contributed by atoms with van der Waals surface area (Å²) in [5.41, 5.74) is 7.86. The fraction of sp³-hybridized carbons (Fsp3) is 0.562. The lowest BCUT2D eigenvalue weighted by Gasteiger charge is -2.34. The molecular weight excluding hydrogens is 278 g/mol. The van der Waals surface area contributed by atoms with Gasteiger partial charge in [-0.05, 0) is 31.2 Å². The Kier molecular flexibility index (Phi) is 6.03. The van der Waals surface area contributed by atoms with E-state index in [1.165, 1.54) is 5.56 Å². The van der Waals surface area contributed by atoms with Crippen molar-refractivity contribution in [1.29, 1.82) is 0 Å². The number of hydrogen-bond donors (Lipinski definition) is 2. The van der Waals surface area contributed by atoms with E-state index in [0.29, 0.717) is 12.4 Å². The Labute approximate surface area is 132 Å². The Bertz CT molecular complexity index is 509. The van der Waals surface area contributed by atoms with Gasteiger partial charge in [0.2, 0.25) is 0 Å². The number of hydrazone groups is 1. The molecule has 122 valence electrons. The van der Waals surface area contributed by atoms with Crippen LogP contribution in [0.3, 0.4) is 0 Å². The molecule has 0 amide bonds. The second kappa shape index (κ2) is 8.00. The molecule has 0 unspecified atom stereocenters. The summed E-state index contributed by atoms with van der Waals surface area (Å²) >= 11 is 0. The van der Waals surface area contributed by atoms with Crippen LogP contribution < -0.4 is 16.3 Å². The van der Waals surface area contributed by atoms with Crippen LogP contribution in [0.25, 0.3) is 0 Å². The Morgan fingerprint density at radius 3 is 2.45 bits per heavy atom. The lowest BCUT2D eigenvalue weighted by atomic mass is 10.1. The first-order valence-corrected chi connectivity index (χ1v) is 7.92. The van der Waals surface area contributed by atoms with Gasteiger partial charge in [-0.15, -0.1) is 0 Å². The molecule has 6 nitrogen and oxygen atoms in total. The molecule has 1 heterocycles. The van der Waals surface area contributed by atoms with E-state index in [9.17, 15) is 0 Å². The Hall–Kier alpha value is -1.79. The number of hydrogen-bond acceptors (Lipinski definition) is 5. The van der Waals surface area contributed by atoms with E-state index in [-0.39, 0.29) is 0 Å². The molecular formula is C16H27N5O. The largest absolute Gasteiger partial charge is 0.493 e. The lowest BCUT2D eigenvalue weighted by molar-refractivity contribution is 0.132. The van der Waals surface area contributed by atoms with Gasteiger partial charge in [-0.1, -0.05) is 13.0 Å². The zero-order valence-electron chi connectivity index (χ0n) is 13.6. The van der Waals surface area contributed by atoms with Gasteiger partial charge in [0.05, 0.1) is 12.2 Å². The van der Waals surface area contributed by atoms with Crippen LogP contribution >= 0.6 is 0 Å². The van der Waals surface area contributed by atoms with Crippen LogP contribution in [0.5, 0.6) is 5.75 Å². The summed E-state index contributed by atoms with van der Waals surface area (Å²) in [6.45, 7) is 11.2. The zero-order valence-corrected chi connectivity index (χ0v) is 13.6.